The number of hydrogen-bond acceptors (Lipinski definition) is 4. The van der Waals surface area contributed by atoms with E-state index in [0.29, 0.717) is 12.3 Å². The second-order valence-corrected chi connectivity index (χ2v) is 5.54. The minimum absolute atomic E-state index is 0.0491. The molecular formula is C16H13NO3S. The predicted molar refractivity (Wildman–Crippen MR) is 81.7 cm³/mol. The van der Waals surface area contributed by atoms with Crippen LogP contribution in [-0.4, -0.2) is 16.1 Å². The van der Waals surface area contributed by atoms with Gasteiger partial charge in [-0.05, 0) is 22.9 Å². The first kappa shape index (κ1) is 13.6. The highest BCUT2D eigenvalue weighted by molar-refractivity contribution is 7.09. The molecule has 21 heavy (non-hydrogen) atoms. The Bertz CT molecular complexity index is 782. The van der Waals surface area contributed by atoms with Crippen LogP contribution in [0.2, 0.25) is 0 Å². The lowest BCUT2D eigenvalue weighted by Gasteiger charge is -2.05. The SMILES string of the molecule is O=C(O)Cc1csc(COc2ccc3ccccc3c2)n1. The Labute approximate surface area is 125 Å². The highest BCUT2D eigenvalue weighted by Gasteiger charge is 2.07. The van der Waals surface area contributed by atoms with E-state index in [2.05, 4.69) is 11.1 Å². The van der Waals surface area contributed by atoms with Crippen LogP contribution in [0.15, 0.2) is 47.8 Å². The number of hydrogen-bond donors (Lipinski definition) is 1. The van der Waals surface area contributed by atoms with Gasteiger partial charge in [-0.25, -0.2) is 4.98 Å². The van der Waals surface area contributed by atoms with Crippen molar-refractivity contribution in [2.75, 3.05) is 0 Å². The number of aliphatic carboxylic acids is 1. The van der Waals surface area contributed by atoms with Crippen LogP contribution < -0.4 is 4.74 Å². The highest BCUT2D eigenvalue weighted by Crippen LogP contribution is 2.22. The maximum atomic E-state index is 10.6. The third-order valence-corrected chi connectivity index (χ3v) is 3.89. The van der Waals surface area contributed by atoms with Gasteiger partial charge in [0.1, 0.15) is 17.4 Å². The lowest BCUT2D eigenvalue weighted by atomic mass is 10.1. The van der Waals surface area contributed by atoms with Gasteiger partial charge < -0.3 is 9.84 Å². The largest absolute Gasteiger partial charge is 0.486 e. The van der Waals surface area contributed by atoms with Crippen molar-refractivity contribution in [1.29, 1.82) is 0 Å². The van der Waals surface area contributed by atoms with Crippen molar-refractivity contribution in [3.63, 3.8) is 0 Å². The zero-order valence-corrected chi connectivity index (χ0v) is 12.0. The average Bonchev–Trinajstić information content (AvgIpc) is 2.91. The number of fused-ring (bicyclic) bond motifs is 1. The number of ether oxygens (including phenoxy) is 1. The molecule has 0 saturated carbocycles. The van der Waals surface area contributed by atoms with Gasteiger partial charge in [-0.2, -0.15) is 0 Å². The van der Waals surface area contributed by atoms with Gasteiger partial charge >= 0.3 is 5.97 Å². The van der Waals surface area contributed by atoms with E-state index in [4.69, 9.17) is 9.84 Å². The van der Waals surface area contributed by atoms with Crippen LogP contribution >= 0.6 is 11.3 Å². The summed E-state index contributed by atoms with van der Waals surface area (Å²) in [6, 6.07) is 14.0. The topological polar surface area (TPSA) is 59.4 Å². The Morgan fingerprint density at radius 2 is 2.00 bits per heavy atom. The molecule has 0 amide bonds. The Hall–Kier alpha value is -2.40. The zero-order chi connectivity index (χ0) is 14.7. The van der Waals surface area contributed by atoms with E-state index in [1.165, 1.54) is 16.7 Å². The molecule has 3 rings (SSSR count). The number of nitrogens with zero attached hydrogens (tertiary/aromatic N) is 1. The number of carbonyl (C=O) groups is 1. The maximum Gasteiger partial charge on any atom is 0.309 e. The maximum absolute atomic E-state index is 10.6. The standard InChI is InChI=1S/C16H13NO3S/c18-16(19)8-13-10-21-15(17-13)9-20-14-6-5-11-3-1-2-4-12(11)7-14/h1-7,10H,8-9H2,(H,18,19). The third-order valence-electron chi connectivity index (χ3n) is 3.01. The molecule has 0 radical (unpaired) electrons. The van der Waals surface area contributed by atoms with E-state index < -0.39 is 5.97 Å². The lowest BCUT2D eigenvalue weighted by Crippen LogP contribution is -2.01. The van der Waals surface area contributed by atoms with Gasteiger partial charge in [0.25, 0.3) is 0 Å². The number of aromatic nitrogens is 1. The summed E-state index contributed by atoms with van der Waals surface area (Å²) in [5.41, 5.74) is 0.574. The van der Waals surface area contributed by atoms with Crippen molar-refractivity contribution in [1.82, 2.24) is 4.98 Å². The number of rotatable bonds is 5. The van der Waals surface area contributed by atoms with Crippen LogP contribution in [0.3, 0.4) is 0 Å². The first-order chi connectivity index (χ1) is 10.2. The van der Waals surface area contributed by atoms with Crippen molar-refractivity contribution in [2.45, 2.75) is 13.0 Å². The minimum atomic E-state index is -0.873. The van der Waals surface area contributed by atoms with Crippen molar-refractivity contribution in [2.24, 2.45) is 0 Å². The smallest absolute Gasteiger partial charge is 0.309 e. The van der Waals surface area contributed by atoms with Gasteiger partial charge in [0.05, 0.1) is 12.1 Å². The second-order valence-electron chi connectivity index (χ2n) is 4.60. The quantitative estimate of drug-likeness (QED) is 0.783. The van der Waals surface area contributed by atoms with Gasteiger partial charge in [0.15, 0.2) is 0 Å². The Kier molecular flexibility index (Phi) is 3.83. The summed E-state index contributed by atoms with van der Waals surface area (Å²) in [5.74, 6) is -0.0917. The van der Waals surface area contributed by atoms with Crippen molar-refractivity contribution >= 4 is 28.1 Å². The van der Waals surface area contributed by atoms with Gasteiger partial charge in [0, 0.05) is 5.38 Å². The monoisotopic (exact) mass is 299 g/mol. The van der Waals surface area contributed by atoms with E-state index in [9.17, 15) is 4.79 Å². The van der Waals surface area contributed by atoms with Crippen molar-refractivity contribution in [3.8, 4) is 5.75 Å². The van der Waals surface area contributed by atoms with Crippen LogP contribution in [0.5, 0.6) is 5.75 Å². The van der Waals surface area contributed by atoms with Crippen LogP contribution in [0.25, 0.3) is 10.8 Å². The summed E-state index contributed by atoms with van der Waals surface area (Å²) in [6.07, 6.45) is -0.0491. The van der Waals surface area contributed by atoms with E-state index in [1.54, 1.807) is 5.38 Å². The van der Waals surface area contributed by atoms with Gasteiger partial charge in [-0.15, -0.1) is 11.3 Å². The summed E-state index contributed by atoms with van der Waals surface area (Å²) >= 11 is 1.41. The third kappa shape index (κ3) is 3.38. The first-order valence-electron chi connectivity index (χ1n) is 6.47. The van der Waals surface area contributed by atoms with E-state index in [-0.39, 0.29) is 6.42 Å². The minimum Gasteiger partial charge on any atom is -0.486 e. The molecule has 0 aliphatic heterocycles. The Morgan fingerprint density at radius 1 is 1.19 bits per heavy atom. The summed E-state index contributed by atoms with van der Waals surface area (Å²) in [6.45, 7) is 0.350. The summed E-state index contributed by atoms with van der Waals surface area (Å²) in [4.78, 5) is 14.9. The molecule has 1 aromatic heterocycles. The summed E-state index contributed by atoms with van der Waals surface area (Å²) in [7, 11) is 0. The molecule has 0 unspecified atom stereocenters. The summed E-state index contributed by atoms with van der Waals surface area (Å²) < 4.78 is 5.72. The molecule has 5 heteroatoms. The molecule has 0 bridgehead atoms. The fourth-order valence-corrected chi connectivity index (χ4v) is 2.76. The normalized spacial score (nSPS) is 10.7. The predicted octanol–water partition coefficient (Wildman–Crippen LogP) is 3.50. The van der Waals surface area contributed by atoms with Gasteiger partial charge in [0.2, 0.25) is 0 Å². The molecular weight excluding hydrogens is 286 g/mol. The van der Waals surface area contributed by atoms with Crippen LogP contribution in [0.4, 0.5) is 0 Å². The fourth-order valence-electron chi connectivity index (χ4n) is 2.05. The second kappa shape index (κ2) is 5.93. The van der Waals surface area contributed by atoms with E-state index >= 15 is 0 Å². The molecule has 0 atom stereocenters. The number of carboxylic acids is 1. The average molecular weight is 299 g/mol. The van der Waals surface area contributed by atoms with Crippen LogP contribution in [0, 0.1) is 0 Å². The summed E-state index contributed by atoms with van der Waals surface area (Å²) in [5, 5.41) is 13.5. The number of thiazole rings is 1. The molecule has 1 N–H and O–H groups in total. The zero-order valence-electron chi connectivity index (χ0n) is 11.2. The first-order valence-corrected chi connectivity index (χ1v) is 7.35. The fraction of sp³-hybridized carbons (Fsp3) is 0.125. The van der Waals surface area contributed by atoms with Crippen molar-refractivity contribution < 1.29 is 14.6 Å². The molecule has 3 aromatic rings. The van der Waals surface area contributed by atoms with Gasteiger partial charge in [-0.3, -0.25) is 4.79 Å². The molecule has 0 aliphatic rings. The van der Waals surface area contributed by atoms with Gasteiger partial charge in [-0.1, -0.05) is 30.3 Å². The lowest BCUT2D eigenvalue weighted by molar-refractivity contribution is -0.136. The van der Waals surface area contributed by atoms with Crippen LogP contribution in [0.1, 0.15) is 10.7 Å². The van der Waals surface area contributed by atoms with Crippen molar-refractivity contribution in [3.05, 3.63) is 58.5 Å². The molecule has 106 valence electrons. The Morgan fingerprint density at radius 3 is 2.81 bits per heavy atom. The number of benzene rings is 2. The molecule has 0 spiro atoms. The van der Waals surface area contributed by atoms with E-state index in [0.717, 1.165) is 16.1 Å². The molecule has 0 aliphatic carbocycles. The molecule has 0 fully saturated rings. The Balaban J connectivity index is 1.68. The molecule has 4 nitrogen and oxygen atoms in total. The molecule has 1 heterocycles. The highest BCUT2D eigenvalue weighted by atomic mass is 32.1. The van der Waals surface area contributed by atoms with E-state index in [1.807, 2.05) is 36.4 Å². The molecule has 2 aromatic carbocycles. The van der Waals surface area contributed by atoms with Crippen LogP contribution in [-0.2, 0) is 17.8 Å². The molecule has 0 saturated heterocycles. The number of carboxylic acid groups (broad SMARTS) is 1.